The Kier molecular flexibility index (Phi) is 4.39. The lowest BCUT2D eigenvalue weighted by atomic mass is 10.1. The molecular weight excluding hydrogens is 377 g/mol. The van der Waals surface area contributed by atoms with E-state index in [0.29, 0.717) is 5.69 Å². The number of aryl methyl sites for hydroxylation is 1. The van der Waals surface area contributed by atoms with Crippen LogP contribution in [0.5, 0.6) is 0 Å². The molecule has 5 nitrogen and oxygen atoms in total. The van der Waals surface area contributed by atoms with E-state index in [9.17, 15) is 12.8 Å². The number of benzene rings is 2. The van der Waals surface area contributed by atoms with Gasteiger partial charge in [-0.25, -0.2) is 17.8 Å². The van der Waals surface area contributed by atoms with Gasteiger partial charge < -0.3 is 5.32 Å². The molecule has 7 heteroatoms. The minimum atomic E-state index is -3.27. The van der Waals surface area contributed by atoms with Crippen molar-refractivity contribution in [2.75, 3.05) is 11.6 Å². The lowest BCUT2D eigenvalue weighted by Crippen LogP contribution is -2.00. The monoisotopic (exact) mass is 395 g/mol. The summed E-state index contributed by atoms with van der Waals surface area (Å²) in [7, 11) is -3.27. The van der Waals surface area contributed by atoms with E-state index < -0.39 is 9.84 Å². The molecule has 0 fully saturated rings. The zero-order valence-corrected chi connectivity index (χ0v) is 16.2. The first kappa shape index (κ1) is 18.2. The Bertz CT molecular complexity index is 1260. The van der Waals surface area contributed by atoms with Crippen LogP contribution in [-0.4, -0.2) is 24.1 Å². The largest absolute Gasteiger partial charge is 0.339 e. The number of hydrogen-bond acceptors (Lipinski definition) is 4. The van der Waals surface area contributed by atoms with Gasteiger partial charge in [-0.2, -0.15) is 0 Å². The molecule has 2 aromatic heterocycles. The van der Waals surface area contributed by atoms with Crippen molar-refractivity contribution in [2.24, 2.45) is 0 Å². The topological polar surface area (TPSA) is 63.5 Å². The molecule has 0 aliphatic rings. The predicted octanol–water partition coefficient (Wildman–Crippen LogP) is 4.60. The number of imidazole rings is 1. The zero-order chi connectivity index (χ0) is 19.9. The second kappa shape index (κ2) is 6.76. The molecule has 0 unspecified atom stereocenters. The molecule has 0 atom stereocenters. The van der Waals surface area contributed by atoms with E-state index in [0.717, 1.165) is 28.4 Å². The van der Waals surface area contributed by atoms with Crippen LogP contribution < -0.4 is 5.32 Å². The number of anilines is 2. The van der Waals surface area contributed by atoms with Crippen LogP contribution in [-0.2, 0) is 9.84 Å². The Morgan fingerprint density at radius 3 is 2.29 bits per heavy atom. The Morgan fingerprint density at radius 1 is 0.964 bits per heavy atom. The molecule has 0 spiro atoms. The molecule has 4 aromatic rings. The maximum atomic E-state index is 13.3. The van der Waals surface area contributed by atoms with Gasteiger partial charge in [-0.05, 0) is 55.5 Å². The van der Waals surface area contributed by atoms with Crippen LogP contribution in [0.25, 0.3) is 16.9 Å². The smallest absolute Gasteiger partial charge is 0.175 e. The number of aromatic nitrogens is 2. The Labute approximate surface area is 162 Å². The first-order valence-electron chi connectivity index (χ1n) is 8.64. The van der Waals surface area contributed by atoms with Crippen molar-refractivity contribution in [2.45, 2.75) is 11.8 Å². The van der Waals surface area contributed by atoms with E-state index in [-0.39, 0.29) is 10.7 Å². The summed E-state index contributed by atoms with van der Waals surface area (Å²) in [5.74, 6) is 0.420. The highest BCUT2D eigenvalue weighted by Gasteiger charge is 2.16. The summed E-state index contributed by atoms with van der Waals surface area (Å²) >= 11 is 0. The molecular formula is C21H18FN3O2S. The van der Waals surface area contributed by atoms with E-state index in [4.69, 9.17) is 4.98 Å². The molecule has 0 aliphatic heterocycles. The summed E-state index contributed by atoms with van der Waals surface area (Å²) in [4.78, 5) is 4.98. The van der Waals surface area contributed by atoms with Gasteiger partial charge in [0.2, 0.25) is 0 Å². The molecule has 28 heavy (non-hydrogen) atoms. The van der Waals surface area contributed by atoms with Gasteiger partial charge in [0.05, 0.1) is 4.90 Å². The molecule has 0 saturated carbocycles. The first-order valence-corrected chi connectivity index (χ1v) is 10.5. The summed E-state index contributed by atoms with van der Waals surface area (Å²) in [6, 6.07) is 18.5. The SMILES string of the molecule is Cc1cccc2nc(-c3ccc(S(C)(=O)=O)cc3)c(Nc3ccc(F)cc3)n12. The van der Waals surface area contributed by atoms with Crippen LogP contribution in [0.4, 0.5) is 15.9 Å². The standard InChI is InChI=1S/C21H18FN3O2S/c1-14-4-3-5-19-24-20(15-6-12-18(13-7-15)28(2,26)27)21(25(14)19)23-17-10-8-16(22)9-11-17/h3-13,23H,1-2H3. The van der Waals surface area contributed by atoms with Gasteiger partial charge in [0, 0.05) is 23.2 Å². The second-order valence-electron chi connectivity index (χ2n) is 6.60. The number of hydrogen-bond donors (Lipinski definition) is 1. The highest BCUT2D eigenvalue weighted by molar-refractivity contribution is 7.90. The van der Waals surface area contributed by atoms with Crippen molar-refractivity contribution in [1.82, 2.24) is 9.38 Å². The zero-order valence-electron chi connectivity index (χ0n) is 15.3. The molecule has 0 aliphatic carbocycles. The fourth-order valence-corrected chi connectivity index (χ4v) is 3.73. The van der Waals surface area contributed by atoms with Crippen molar-refractivity contribution in [3.05, 3.63) is 78.2 Å². The van der Waals surface area contributed by atoms with Crippen LogP contribution in [0.2, 0.25) is 0 Å². The van der Waals surface area contributed by atoms with Crippen LogP contribution >= 0.6 is 0 Å². The Hall–Kier alpha value is -3.19. The number of sulfone groups is 1. The van der Waals surface area contributed by atoms with Gasteiger partial charge in [-0.3, -0.25) is 4.40 Å². The first-order chi connectivity index (χ1) is 13.3. The van der Waals surface area contributed by atoms with Gasteiger partial charge in [0.25, 0.3) is 0 Å². The number of nitrogens with one attached hydrogen (secondary N) is 1. The number of halogens is 1. The Morgan fingerprint density at radius 2 is 1.64 bits per heavy atom. The molecule has 0 amide bonds. The van der Waals surface area contributed by atoms with Gasteiger partial charge >= 0.3 is 0 Å². The number of fused-ring (bicyclic) bond motifs is 1. The van der Waals surface area contributed by atoms with Crippen molar-refractivity contribution >= 4 is 27.0 Å². The van der Waals surface area contributed by atoms with Crippen molar-refractivity contribution in [1.29, 1.82) is 0 Å². The fourth-order valence-electron chi connectivity index (χ4n) is 3.10. The summed E-state index contributed by atoms with van der Waals surface area (Å²) in [5.41, 5.74) is 3.92. The molecule has 2 aromatic carbocycles. The molecule has 0 radical (unpaired) electrons. The maximum Gasteiger partial charge on any atom is 0.175 e. The Balaban J connectivity index is 1.88. The number of rotatable bonds is 4. The predicted molar refractivity (Wildman–Crippen MR) is 108 cm³/mol. The maximum absolute atomic E-state index is 13.3. The van der Waals surface area contributed by atoms with Crippen LogP contribution in [0.3, 0.4) is 0 Å². The lowest BCUT2D eigenvalue weighted by molar-refractivity contribution is 0.602. The average molecular weight is 395 g/mol. The van der Waals surface area contributed by atoms with Crippen molar-refractivity contribution in [3.8, 4) is 11.3 Å². The van der Waals surface area contributed by atoms with E-state index >= 15 is 0 Å². The van der Waals surface area contributed by atoms with Gasteiger partial charge in [-0.1, -0.05) is 18.2 Å². The van der Waals surface area contributed by atoms with E-state index in [1.165, 1.54) is 18.4 Å². The minimum Gasteiger partial charge on any atom is -0.339 e. The number of nitrogens with zero attached hydrogens (tertiary/aromatic N) is 2. The summed E-state index contributed by atoms with van der Waals surface area (Å²) < 4.78 is 38.7. The van der Waals surface area contributed by atoms with Crippen molar-refractivity contribution in [3.63, 3.8) is 0 Å². The highest BCUT2D eigenvalue weighted by Crippen LogP contribution is 2.32. The lowest BCUT2D eigenvalue weighted by Gasteiger charge is -2.11. The fraction of sp³-hybridized carbons (Fsp3) is 0.0952. The second-order valence-corrected chi connectivity index (χ2v) is 8.61. The molecule has 2 heterocycles. The van der Waals surface area contributed by atoms with E-state index in [1.54, 1.807) is 36.4 Å². The summed E-state index contributed by atoms with van der Waals surface area (Å²) in [6.45, 7) is 1.97. The normalized spacial score (nSPS) is 11.7. The third kappa shape index (κ3) is 3.36. The van der Waals surface area contributed by atoms with Gasteiger partial charge in [0.15, 0.2) is 9.84 Å². The average Bonchev–Trinajstić information content (AvgIpc) is 3.03. The number of pyridine rings is 1. The van der Waals surface area contributed by atoms with Gasteiger partial charge in [0.1, 0.15) is 23.0 Å². The van der Waals surface area contributed by atoms with Crippen LogP contribution in [0.1, 0.15) is 5.69 Å². The van der Waals surface area contributed by atoms with E-state index in [2.05, 4.69) is 5.32 Å². The third-order valence-electron chi connectivity index (χ3n) is 4.50. The molecule has 0 saturated heterocycles. The van der Waals surface area contributed by atoms with E-state index in [1.807, 2.05) is 29.5 Å². The minimum absolute atomic E-state index is 0.254. The molecule has 4 rings (SSSR count). The molecule has 1 N–H and O–H groups in total. The van der Waals surface area contributed by atoms with Crippen LogP contribution in [0, 0.1) is 12.7 Å². The highest BCUT2D eigenvalue weighted by atomic mass is 32.2. The van der Waals surface area contributed by atoms with Crippen molar-refractivity contribution < 1.29 is 12.8 Å². The van der Waals surface area contributed by atoms with Crippen LogP contribution in [0.15, 0.2) is 71.6 Å². The van der Waals surface area contributed by atoms with Gasteiger partial charge in [-0.15, -0.1) is 0 Å². The molecule has 142 valence electrons. The quantitative estimate of drug-likeness (QED) is 0.549. The summed E-state index contributed by atoms with van der Waals surface area (Å²) in [6.07, 6.45) is 1.18. The molecule has 0 bridgehead atoms. The summed E-state index contributed by atoms with van der Waals surface area (Å²) in [5, 5.41) is 3.32. The third-order valence-corrected chi connectivity index (χ3v) is 5.63.